The van der Waals surface area contributed by atoms with E-state index in [9.17, 15) is 4.79 Å². The minimum absolute atomic E-state index is 0.226. The number of benzene rings is 1. The number of primary amides is 1. The molecule has 0 aromatic heterocycles. The minimum Gasteiger partial charge on any atom is -0.497 e. The zero-order chi connectivity index (χ0) is 10.8. The third kappa shape index (κ3) is 1.96. The number of ether oxygens (including phenoxy) is 1. The summed E-state index contributed by atoms with van der Waals surface area (Å²) in [6, 6.07) is 6.07. The van der Waals surface area contributed by atoms with Crippen molar-refractivity contribution in [3.63, 3.8) is 0 Å². The first-order valence-corrected chi connectivity index (χ1v) is 5.16. The van der Waals surface area contributed by atoms with Gasteiger partial charge in [-0.1, -0.05) is 6.07 Å². The minimum atomic E-state index is -0.226. The third-order valence-corrected chi connectivity index (χ3v) is 3.00. The normalized spacial score (nSPS) is 18.6. The van der Waals surface area contributed by atoms with Crippen molar-refractivity contribution in [1.29, 1.82) is 0 Å². The maximum atomic E-state index is 10.9. The van der Waals surface area contributed by atoms with E-state index in [1.54, 1.807) is 7.11 Å². The smallest absolute Gasteiger partial charge is 0.218 e. The van der Waals surface area contributed by atoms with Crippen molar-refractivity contribution >= 4 is 5.91 Å². The van der Waals surface area contributed by atoms with Crippen molar-refractivity contribution in [3.05, 3.63) is 29.3 Å². The topological polar surface area (TPSA) is 52.3 Å². The van der Waals surface area contributed by atoms with E-state index in [4.69, 9.17) is 10.5 Å². The lowest BCUT2D eigenvalue weighted by Crippen LogP contribution is -2.14. The van der Waals surface area contributed by atoms with E-state index < -0.39 is 0 Å². The number of carbonyl (C=O) groups is 1. The van der Waals surface area contributed by atoms with E-state index in [1.165, 1.54) is 11.1 Å². The molecule has 0 saturated carbocycles. The van der Waals surface area contributed by atoms with Gasteiger partial charge < -0.3 is 10.5 Å². The Balaban J connectivity index is 2.27. The quantitative estimate of drug-likeness (QED) is 0.814. The van der Waals surface area contributed by atoms with Crippen LogP contribution in [-0.4, -0.2) is 13.0 Å². The van der Waals surface area contributed by atoms with E-state index in [-0.39, 0.29) is 11.8 Å². The molecule has 1 atom stereocenters. The van der Waals surface area contributed by atoms with Gasteiger partial charge in [-0.3, -0.25) is 4.79 Å². The molecular weight excluding hydrogens is 190 g/mol. The van der Waals surface area contributed by atoms with Gasteiger partial charge in [-0.2, -0.15) is 0 Å². The van der Waals surface area contributed by atoms with E-state index >= 15 is 0 Å². The molecule has 1 aromatic rings. The van der Waals surface area contributed by atoms with Crippen LogP contribution in [0, 0.1) is 0 Å². The van der Waals surface area contributed by atoms with Crippen LogP contribution in [0.3, 0.4) is 0 Å². The number of hydrogen-bond donors (Lipinski definition) is 1. The van der Waals surface area contributed by atoms with Crippen molar-refractivity contribution in [1.82, 2.24) is 0 Å². The summed E-state index contributed by atoms with van der Waals surface area (Å²) in [6.07, 6.45) is 2.50. The fourth-order valence-corrected chi connectivity index (χ4v) is 2.25. The first-order chi connectivity index (χ1) is 7.20. The summed E-state index contributed by atoms with van der Waals surface area (Å²) >= 11 is 0. The van der Waals surface area contributed by atoms with Crippen molar-refractivity contribution in [2.75, 3.05) is 7.11 Å². The molecule has 0 radical (unpaired) electrons. The van der Waals surface area contributed by atoms with Crippen LogP contribution >= 0.6 is 0 Å². The monoisotopic (exact) mass is 205 g/mol. The molecule has 1 aromatic carbocycles. The molecule has 2 rings (SSSR count). The van der Waals surface area contributed by atoms with Crippen LogP contribution in [0.5, 0.6) is 5.75 Å². The zero-order valence-corrected chi connectivity index (χ0v) is 8.82. The van der Waals surface area contributed by atoms with Gasteiger partial charge in [0.05, 0.1) is 7.11 Å². The van der Waals surface area contributed by atoms with Crippen molar-refractivity contribution in [2.45, 2.75) is 25.2 Å². The summed E-state index contributed by atoms with van der Waals surface area (Å²) in [6.45, 7) is 0. The second kappa shape index (κ2) is 3.93. The van der Waals surface area contributed by atoms with Gasteiger partial charge in [0.1, 0.15) is 5.75 Å². The molecule has 3 nitrogen and oxygen atoms in total. The maximum Gasteiger partial charge on any atom is 0.218 e. The highest BCUT2D eigenvalue weighted by Crippen LogP contribution is 2.37. The Morgan fingerprint density at radius 1 is 1.60 bits per heavy atom. The predicted octanol–water partition coefficient (Wildman–Crippen LogP) is 1.60. The van der Waals surface area contributed by atoms with Gasteiger partial charge >= 0.3 is 0 Å². The number of methoxy groups -OCH3 is 1. The molecule has 1 aliphatic rings. The van der Waals surface area contributed by atoms with Crippen molar-refractivity contribution < 1.29 is 9.53 Å². The first kappa shape index (κ1) is 10.0. The summed E-state index contributed by atoms with van der Waals surface area (Å²) in [4.78, 5) is 10.9. The maximum absolute atomic E-state index is 10.9. The van der Waals surface area contributed by atoms with E-state index in [0.29, 0.717) is 6.42 Å². The number of carbonyl (C=O) groups excluding carboxylic acids is 1. The molecule has 0 spiro atoms. The Morgan fingerprint density at radius 3 is 3.07 bits per heavy atom. The molecule has 0 saturated heterocycles. The number of amides is 1. The summed E-state index contributed by atoms with van der Waals surface area (Å²) in [5.41, 5.74) is 7.78. The van der Waals surface area contributed by atoms with Gasteiger partial charge in [-0.15, -0.1) is 0 Å². The van der Waals surface area contributed by atoms with Crippen LogP contribution in [0.15, 0.2) is 18.2 Å². The number of hydrogen-bond acceptors (Lipinski definition) is 2. The SMILES string of the molecule is COc1ccc2c(c1)[C@@H](CC(N)=O)CC2. The van der Waals surface area contributed by atoms with Crippen molar-refractivity contribution in [3.8, 4) is 5.75 Å². The lowest BCUT2D eigenvalue weighted by molar-refractivity contribution is -0.118. The molecule has 0 aliphatic heterocycles. The Bertz CT molecular complexity index is 387. The van der Waals surface area contributed by atoms with Gasteiger partial charge in [0.2, 0.25) is 5.91 Å². The van der Waals surface area contributed by atoms with Crippen LogP contribution < -0.4 is 10.5 Å². The molecule has 3 heteroatoms. The Labute approximate surface area is 89.2 Å². The molecule has 80 valence electrons. The zero-order valence-electron chi connectivity index (χ0n) is 8.82. The van der Waals surface area contributed by atoms with Crippen LogP contribution in [0.25, 0.3) is 0 Å². The first-order valence-electron chi connectivity index (χ1n) is 5.16. The summed E-state index contributed by atoms with van der Waals surface area (Å²) in [5.74, 6) is 0.911. The number of fused-ring (bicyclic) bond motifs is 1. The van der Waals surface area contributed by atoms with Crippen molar-refractivity contribution in [2.24, 2.45) is 5.73 Å². The number of rotatable bonds is 3. The summed E-state index contributed by atoms with van der Waals surface area (Å²) in [7, 11) is 1.65. The predicted molar refractivity (Wildman–Crippen MR) is 57.9 cm³/mol. The average Bonchev–Trinajstić information content (AvgIpc) is 2.60. The average molecular weight is 205 g/mol. The molecular formula is C12H15NO2. The molecule has 1 amide bonds. The molecule has 1 aliphatic carbocycles. The third-order valence-electron chi connectivity index (χ3n) is 3.00. The summed E-state index contributed by atoms with van der Waals surface area (Å²) in [5, 5.41) is 0. The Hall–Kier alpha value is -1.51. The number of nitrogens with two attached hydrogens (primary N) is 1. The molecule has 0 fully saturated rings. The fourth-order valence-electron chi connectivity index (χ4n) is 2.25. The molecule has 2 N–H and O–H groups in total. The highest BCUT2D eigenvalue weighted by Gasteiger charge is 2.24. The van der Waals surface area contributed by atoms with Gasteiger partial charge in [0.15, 0.2) is 0 Å². The van der Waals surface area contributed by atoms with Gasteiger partial charge in [0, 0.05) is 6.42 Å². The molecule has 0 heterocycles. The van der Waals surface area contributed by atoms with Crippen LogP contribution in [0.4, 0.5) is 0 Å². The molecule has 0 bridgehead atoms. The number of aryl methyl sites for hydroxylation is 1. The summed E-state index contributed by atoms with van der Waals surface area (Å²) < 4.78 is 5.18. The molecule has 15 heavy (non-hydrogen) atoms. The van der Waals surface area contributed by atoms with E-state index in [1.807, 2.05) is 12.1 Å². The second-order valence-electron chi connectivity index (χ2n) is 3.97. The highest BCUT2D eigenvalue weighted by atomic mass is 16.5. The second-order valence-corrected chi connectivity index (χ2v) is 3.97. The van der Waals surface area contributed by atoms with Crippen LogP contribution in [0.1, 0.15) is 29.9 Å². The largest absolute Gasteiger partial charge is 0.497 e. The van der Waals surface area contributed by atoms with Gasteiger partial charge in [-0.25, -0.2) is 0 Å². The highest BCUT2D eigenvalue weighted by molar-refractivity contribution is 5.75. The van der Waals surface area contributed by atoms with E-state index in [2.05, 4.69) is 6.07 Å². The van der Waals surface area contributed by atoms with Gasteiger partial charge in [0.25, 0.3) is 0 Å². The van der Waals surface area contributed by atoms with Crippen LogP contribution in [-0.2, 0) is 11.2 Å². The lowest BCUT2D eigenvalue weighted by atomic mass is 9.97. The standard InChI is InChI=1S/C12H15NO2/c1-15-10-5-4-8-2-3-9(6-12(13)14)11(8)7-10/h4-5,7,9H,2-3,6H2,1H3,(H2,13,14)/t9-/m1/s1. The van der Waals surface area contributed by atoms with Gasteiger partial charge in [-0.05, 0) is 42.0 Å². The lowest BCUT2D eigenvalue weighted by Gasteiger charge is -2.10. The van der Waals surface area contributed by atoms with E-state index in [0.717, 1.165) is 18.6 Å². The molecule has 0 unspecified atom stereocenters. The Kier molecular flexibility index (Phi) is 2.62. The Morgan fingerprint density at radius 2 is 2.40 bits per heavy atom. The fraction of sp³-hybridized carbons (Fsp3) is 0.417. The van der Waals surface area contributed by atoms with Crippen LogP contribution in [0.2, 0.25) is 0 Å².